The molecule has 0 spiro atoms. The molecule has 0 atom stereocenters. The van der Waals surface area contributed by atoms with E-state index < -0.39 is 0 Å². The fourth-order valence-electron chi connectivity index (χ4n) is 3.01. The maximum atomic E-state index is 12.1. The number of allylic oxidation sites excluding steroid dienone is 5. The van der Waals surface area contributed by atoms with Crippen LogP contribution in [0.4, 0.5) is 0 Å². The second-order valence-electron chi connectivity index (χ2n) is 7.16. The Morgan fingerprint density at radius 2 is 1.85 bits per heavy atom. The molecule has 2 nitrogen and oxygen atoms in total. The van der Waals surface area contributed by atoms with Gasteiger partial charge in [0.15, 0.2) is 0 Å². The van der Waals surface area contributed by atoms with Crippen molar-refractivity contribution < 1.29 is 9.59 Å². The van der Waals surface area contributed by atoms with Gasteiger partial charge in [0.1, 0.15) is 0 Å². The Labute approximate surface area is 170 Å². The van der Waals surface area contributed by atoms with Gasteiger partial charge in [0.05, 0.1) is 0 Å². The standard InChI is InChI=1S/C24H30O2Se/c1-3-22(25)18-17-20(21-15-16-21)11-7-9-19(2)10-8-14-24(26)27-23-12-5-4-6-13-23/h3-6,9,12-13,17,21H,1,7-8,10-11,14-16,18H2,2H3/b19-9+,20-17-. The number of carbonyl (C=O) groups is 2. The number of benzene rings is 1. The Bertz CT molecular complexity index is 696. The van der Waals surface area contributed by atoms with Crippen LogP contribution in [0.15, 0.2) is 66.3 Å². The molecule has 0 bridgehead atoms. The summed E-state index contributed by atoms with van der Waals surface area (Å²) in [5.74, 6) is 0.802. The molecule has 1 aromatic rings. The van der Waals surface area contributed by atoms with Crippen LogP contribution in [0, 0.1) is 5.92 Å². The minimum absolute atomic E-state index is 0.0499. The van der Waals surface area contributed by atoms with Gasteiger partial charge in [-0.15, -0.1) is 0 Å². The molecule has 0 saturated heterocycles. The molecule has 1 aliphatic rings. The van der Waals surface area contributed by atoms with Crippen molar-refractivity contribution in [1.29, 1.82) is 0 Å². The zero-order valence-corrected chi connectivity index (χ0v) is 18.0. The third-order valence-electron chi connectivity index (χ3n) is 4.75. The quantitative estimate of drug-likeness (QED) is 0.253. The molecule has 27 heavy (non-hydrogen) atoms. The fraction of sp³-hybridized carbons (Fsp3) is 0.417. The number of carbonyl (C=O) groups excluding carboxylic acids is 2. The molecular formula is C24H30O2Se. The van der Waals surface area contributed by atoms with Crippen LogP contribution in [-0.4, -0.2) is 25.4 Å². The molecule has 0 N–H and O–H groups in total. The van der Waals surface area contributed by atoms with Gasteiger partial charge in [0.2, 0.25) is 0 Å². The molecule has 1 saturated carbocycles. The van der Waals surface area contributed by atoms with Crippen LogP contribution in [0.3, 0.4) is 0 Å². The third kappa shape index (κ3) is 9.17. The summed E-state index contributed by atoms with van der Waals surface area (Å²) in [4.78, 5) is 23.5. The van der Waals surface area contributed by atoms with E-state index in [0.29, 0.717) is 23.4 Å². The van der Waals surface area contributed by atoms with Gasteiger partial charge in [0, 0.05) is 0 Å². The normalized spacial score (nSPS) is 14.9. The van der Waals surface area contributed by atoms with Crippen molar-refractivity contribution in [2.45, 2.75) is 58.3 Å². The molecule has 144 valence electrons. The first-order valence-electron chi connectivity index (χ1n) is 9.84. The summed E-state index contributed by atoms with van der Waals surface area (Å²) in [6, 6.07) is 10.1. The van der Waals surface area contributed by atoms with Crippen LogP contribution in [0.1, 0.15) is 58.3 Å². The summed E-state index contributed by atoms with van der Waals surface area (Å²) < 4.78 is 1.55. The second-order valence-corrected chi connectivity index (χ2v) is 9.53. The van der Waals surface area contributed by atoms with E-state index in [0.717, 1.165) is 30.1 Å². The molecule has 1 aliphatic carbocycles. The number of ketones is 1. The zero-order valence-electron chi connectivity index (χ0n) is 16.3. The Hall–Kier alpha value is -1.70. The Balaban J connectivity index is 1.66. The summed E-state index contributed by atoms with van der Waals surface area (Å²) in [6.45, 7) is 5.70. The van der Waals surface area contributed by atoms with Crippen LogP contribution in [0.5, 0.6) is 0 Å². The van der Waals surface area contributed by atoms with Crippen LogP contribution in [0.2, 0.25) is 0 Å². The van der Waals surface area contributed by atoms with Gasteiger partial charge in [-0.3, -0.25) is 4.79 Å². The first kappa shape index (κ1) is 21.6. The average Bonchev–Trinajstić information content (AvgIpc) is 3.50. The van der Waals surface area contributed by atoms with Gasteiger partial charge >= 0.3 is 153 Å². The molecule has 1 aromatic carbocycles. The van der Waals surface area contributed by atoms with E-state index in [1.807, 2.05) is 30.3 Å². The van der Waals surface area contributed by atoms with Crippen molar-refractivity contribution in [2.24, 2.45) is 5.92 Å². The number of hydrogen-bond donors (Lipinski definition) is 0. The van der Waals surface area contributed by atoms with Gasteiger partial charge in [-0.2, -0.15) is 0 Å². The van der Waals surface area contributed by atoms with Crippen LogP contribution in [0.25, 0.3) is 0 Å². The predicted molar refractivity (Wildman–Crippen MR) is 114 cm³/mol. The van der Waals surface area contributed by atoms with Crippen molar-refractivity contribution in [3.63, 3.8) is 0 Å². The van der Waals surface area contributed by atoms with Gasteiger partial charge in [-0.05, 0) is 6.08 Å². The first-order valence-corrected chi connectivity index (χ1v) is 11.6. The molecule has 0 heterocycles. The van der Waals surface area contributed by atoms with Crippen molar-refractivity contribution in [3.8, 4) is 0 Å². The second kappa shape index (κ2) is 11.9. The minimum atomic E-state index is -0.0499. The molecule has 1 fully saturated rings. The summed E-state index contributed by atoms with van der Waals surface area (Å²) in [5.41, 5.74) is 2.81. The molecule has 0 amide bonds. The molecule has 2 rings (SSSR count). The van der Waals surface area contributed by atoms with Crippen LogP contribution < -0.4 is 4.46 Å². The van der Waals surface area contributed by atoms with E-state index in [1.54, 1.807) is 0 Å². The summed E-state index contributed by atoms with van der Waals surface area (Å²) >= 11 is -0.0499. The molecule has 0 unspecified atom stereocenters. The predicted octanol–water partition coefficient (Wildman–Crippen LogP) is 4.92. The monoisotopic (exact) mass is 430 g/mol. The summed E-state index contributed by atoms with van der Waals surface area (Å²) in [6.07, 6.45) is 13.5. The zero-order chi connectivity index (χ0) is 19.5. The average molecular weight is 429 g/mol. The van der Waals surface area contributed by atoms with E-state index in [1.165, 1.54) is 30.1 Å². The SMILES string of the molecule is C=CC(=O)C/C=C(/CC/C=C(\C)CCCC(=O)[Se]c1ccccc1)C1CC1. The molecule has 0 aliphatic heterocycles. The van der Waals surface area contributed by atoms with Crippen LogP contribution in [-0.2, 0) is 9.59 Å². The van der Waals surface area contributed by atoms with Gasteiger partial charge < -0.3 is 0 Å². The molecular weight excluding hydrogens is 399 g/mol. The Morgan fingerprint density at radius 1 is 1.11 bits per heavy atom. The van der Waals surface area contributed by atoms with Crippen molar-refractivity contribution in [3.05, 3.63) is 66.3 Å². The summed E-state index contributed by atoms with van der Waals surface area (Å²) in [7, 11) is 0. The van der Waals surface area contributed by atoms with Gasteiger partial charge in [-0.1, -0.05) is 6.58 Å². The van der Waals surface area contributed by atoms with E-state index in [9.17, 15) is 9.59 Å². The first-order chi connectivity index (χ1) is 13.1. The fourth-order valence-corrected chi connectivity index (χ4v) is 4.70. The third-order valence-corrected chi connectivity index (χ3v) is 6.72. The van der Waals surface area contributed by atoms with Gasteiger partial charge in [0.25, 0.3) is 0 Å². The van der Waals surface area contributed by atoms with Crippen molar-refractivity contribution in [2.75, 3.05) is 0 Å². The van der Waals surface area contributed by atoms with E-state index in [-0.39, 0.29) is 20.7 Å². The van der Waals surface area contributed by atoms with Crippen molar-refractivity contribution in [1.82, 2.24) is 0 Å². The van der Waals surface area contributed by atoms with E-state index in [4.69, 9.17) is 0 Å². The molecule has 3 heteroatoms. The van der Waals surface area contributed by atoms with Crippen LogP contribution >= 0.6 is 0 Å². The van der Waals surface area contributed by atoms with Gasteiger partial charge in [-0.25, -0.2) is 0 Å². The maximum absolute atomic E-state index is 12.1. The topological polar surface area (TPSA) is 34.1 Å². The Kier molecular flexibility index (Phi) is 9.52. The molecule has 0 aromatic heterocycles. The number of rotatable bonds is 13. The van der Waals surface area contributed by atoms with E-state index in [2.05, 4.69) is 25.7 Å². The Morgan fingerprint density at radius 3 is 2.52 bits per heavy atom. The molecule has 0 radical (unpaired) electrons. The van der Waals surface area contributed by atoms with E-state index >= 15 is 0 Å². The number of hydrogen-bond acceptors (Lipinski definition) is 2. The van der Waals surface area contributed by atoms with Crippen molar-refractivity contribution >= 4 is 29.9 Å². The summed E-state index contributed by atoms with van der Waals surface area (Å²) in [5, 5.41) is 0.